The number of hydrogen-bond acceptors (Lipinski definition) is 4. The molecule has 0 unspecified atom stereocenters. The van der Waals surface area contributed by atoms with Crippen molar-refractivity contribution in [3.63, 3.8) is 0 Å². The minimum atomic E-state index is -3.81. The first-order valence-corrected chi connectivity index (χ1v) is 8.89. The number of benzene rings is 2. The van der Waals surface area contributed by atoms with E-state index in [4.69, 9.17) is 25.2 Å². The quantitative estimate of drug-likeness (QED) is 0.484. The first kappa shape index (κ1) is 16.9. The van der Waals surface area contributed by atoms with E-state index < -0.39 is 7.82 Å². The van der Waals surface area contributed by atoms with E-state index >= 15 is 0 Å². The lowest BCUT2D eigenvalue weighted by molar-refractivity contribution is 0.208. The highest BCUT2D eigenvalue weighted by Gasteiger charge is 2.31. The maximum atomic E-state index is 12.8. The van der Waals surface area contributed by atoms with Crippen LogP contribution in [-0.4, -0.2) is 12.0 Å². The van der Waals surface area contributed by atoms with Crippen LogP contribution in [-0.2, 0) is 9.09 Å². The SMILES string of the molecule is CC[C@@H](Cl)COP(=O)(Oc1ccccc1)Oc1ccccc1. The van der Waals surface area contributed by atoms with Crippen molar-refractivity contribution in [1.29, 1.82) is 0 Å². The molecular formula is C16H18ClO4P. The van der Waals surface area contributed by atoms with Crippen molar-refractivity contribution in [2.75, 3.05) is 6.61 Å². The van der Waals surface area contributed by atoms with Crippen molar-refractivity contribution in [3.05, 3.63) is 60.7 Å². The van der Waals surface area contributed by atoms with Crippen molar-refractivity contribution in [3.8, 4) is 11.5 Å². The van der Waals surface area contributed by atoms with Gasteiger partial charge < -0.3 is 9.05 Å². The third-order valence-corrected chi connectivity index (χ3v) is 4.55. The zero-order valence-corrected chi connectivity index (χ0v) is 13.9. The van der Waals surface area contributed by atoms with Crippen LogP contribution in [0.25, 0.3) is 0 Å². The predicted octanol–water partition coefficient (Wildman–Crippen LogP) is 5.29. The Bertz CT molecular complexity index is 561. The molecule has 0 bridgehead atoms. The summed E-state index contributed by atoms with van der Waals surface area (Å²) in [6.07, 6.45) is 0.693. The average Bonchev–Trinajstić information content (AvgIpc) is 2.54. The van der Waals surface area contributed by atoms with Crippen LogP contribution in [0.15, 0.2) is 60.7 Å². The smallest absolute Gasteiger partial charge is 0.395 e. The van der Waals surface area contributed by atoms with Crippen molar-refractivity contribution < 1.29 is 18.1 Å². The number of alkyl halides is 1. The van der Waals surface area contributed by atoms with Gasteiger partial charge in [-0.2, -0.15) is 0 Å². The lowest BCUT2D eigenvalue weighted by Crippen LogP contribution is -2.12. The highest BCUT2D eigenvalue weighted by Crippen LogP contribution is 2.49. The lowest BCUT2D eigenvalue weighted by Gasteiger charge is -2.20. The van der Waals surface area contributed by atoms with Crippen molar-refractivity contribution in [2.45, 2.75) is 18.7 Å². The first-order valence-electron chi connectivity index (χ1n) is 6.99. The molecule has 2 aromatic carbocycles. The van der Waals surface area contributed by atoms with Crippen LogP contribution in [0.3, 0.4) is 0 Å². The number of halogens is 1. The summed E-state index contributed by atoms with van der Waals surface area (Å²) in [6, 6.07) is 17.5. The summed E-state index contributed by atoms with van der Waals surface area (Å²) in [7, 11) is -3.81. The second kappa shape index (κ2) is 8.23. The van der Waals surface area contributed by atoms with Gasteiger partial charge in [0.25, 0.3) is 0 Å². The van der Waals surface area contributed by atoms with Crippen LogP contribution in [0.5, 0.6) is 11.5 Å². The molecule has 2 aromatic rings. The van der Waals surface area contributed by atoms with Crippen LogP contribution in [0, 0.1) is 0 Å². The molecule has 0 saturated heterocycles. The third kappa shape index (κ3) is 5.38. The summed E-state index contributed by atoms with van der Waals surface area (Å²) >= 11 is 6.02. The molecule has 0 spiro atoms. The maximum Gasteiger partial charge on any atom is 0.587 e. The number of para-hydroxylation sites is 2. The Balaban J connectivity index is 2.14. The molecule has 118 valence electrons. The van der Waals surface area contributed by atoms with E-state index in [1.807, 2.05) is 19.1 Å². The maximum absolute atomic E-state index is 12.8. The van der Waals surface area contributed by atoms with Gasteiger partial charge in [0, 0.05) is 0 Å². The Morgan fingerprint density at radius 2 is 1.41 bits per heavy atom. The van der Waals surface area contributed by atoms with Crippen molar-refractivity contribution >= 4 is 19.4 Å². The molecule has 22 heavy (non-hydrogen) atoms. The Morgan fingerprint density at radius 1 is 0.955 bits per heavy atom. The van der Waals surface area contributed by atoms with Crippen molar-refractivity contribution in [1.82, 2.24) is 0 Å². The van der Waals surface area contributed by atoms with Crippen LogP contribution in [0.1, 0.15) is 13.3 Å². The summed E-state index contributed by atoms with van der Waals surface area (Å²) in [4.78, 5) is 0. The van der Waals surface area contributed by atoms with Gasteiger partial charge >= 0.3 is 7.82 Å². The third-order valence-electron chi connectivity index (χ3n) is 2.78. The normalized spacial score (nSPS) is 12.6. The molecule has 0 aliphatic heterocycles. The number of phosphoric ester groups is 1. The van der Waals surface area contributed by atoms with Gasteiger partial charge in [-0.3, -0.25) is 4.52 Å². The van der Waals surface area contributed by atoms with Crippen molar-refractivity contribution in [2.24, 2.45) is 0 Å². The number of phosphoric acid groups is 1. The van der Waals surface area contributed by atoms with Crippen LogP contribution < -0.4 is 9.05 Å². The van der Waals surface area contributed by atoms with E-state index in [1.54, 1.807) is 48.5 Å². The molecule has 1 atom stereocenters. The van der Waals surface area contributed by atoms with Gasteiger partial charge in [0.15, 0.2) is 0 Å². The Hall–Kier alpha value is -1.48. The zero-order chi connectivity index (χ0) is 15.8. The molecule has 6 heteroatoms. The molecule has 2 rings (SSSR count). The molecule has 0 aliphatic rings. The van der Waals surface area contributed by atoms with Gasteiger partial charge in [0.2, 0.25) is 0 Å². The molecule has 0 aromatic heterocycles. The summed E-state index contributed by atoms with van der Waals surface area (Å²) < 4.78 is 29.1. The van der Waals surface area contributed by atoms with E-state index in [0.29, 0.717) is 17.9 Å². The summed E-state index contributed by atoms with van der Waals surface area (Å²) in [5.74, 6) is 0.814. The van der Waals surface area contributed by atoms with Gasteiger partial charge in [-0.05, 0) is 30.7 Å². The number of hydrogen-bond donors (Lipinski definition) is 0. The Kier molecular flexibility index (Phi) is 6.32. The molecule has 0 aliphatic carbocycles. The predicted molar refractivity (Wildman–Crippen MR) is 87.6 cm³/mol. The largest absolute Gasteiger partial charge is 0.587 e. The molecular weight excluding hydrogens is 323 g/mol. The average molecular weight is 341 g/mol. The minimum Gasteiger partial charge on any atom is -0.395 e. The monoisotopic (exact) mass is 340 g/mol. The van der Waals surface area contributed by atoms with E-state index in [9.17, 15) is 4.57 Å². The molecule has 0 N–H and O–H groups in total. The fourth-order valence-corrected chi connectivity index (χ4v) is 3.00. The molecule has 4 nitrogen and oxygen atoms in total. The van der Waals surface area contributed by atoms with Gasteiger partial charge in [-0.15, -0.1) is 11.6 Å². The summed E-state index contributed by atoms with van der Waals surface area (Å²) in [6.45, 7) is 2.00. The topological polar surface area (TPSA) is 44.8 Å². The lowest BCUT2D eigenvalue weighted by atomic mass is 10.3. The Labute approximate surface area is 135 Å². The summed E-state index contributed by atoms with van der Waals surface area (Å²) in [5, 5.41) is -0.257. The Morgan fingerprint density at radius 3 is 1.82 bits per heavy atom. The first-order chi connectivity index (χ1) is 10.6. The van der Waals surface area contributed by atoms with Gasteiger partial charge in [0.05, 0.1) is 12.0 Å². The minimum absolute atomic E-state index is 0.0784. The molecule has 0 heterocycles. The van der Waals surface area contributed by atoms with Gasteiger partial charge in [-0.25, -0.2) is 4.57 Å². The van der Waals surface area contributed by atoms with Gasteiger partial charge in [0.1, 0.15) is 11.5 Å². The van der Waals surface area contributed by atoms with E-state index in [-0.39, 0.29) is 12.0 Å². The standard InChI is InChI=1S/C16H18ClO4P/c1-2-14(17)13-19-22(18,20-15-9-5-3-6-10-15)21-16-11-7-4-8-12-16/h3-12,14H,2,13H2,1H3/t14-/m1/s1. The molecule has 0 fully saturated rings. The van der Waals surface area contributed by atoms with E-state index in [2.05, 4.69) is 0 Å². The number of rotatable bonds is 8. The van der Waals surface area contributed by atoms with Crippen LogP contribution in [0.2, 0.25) is 0 Å². The van der Waals surface area contributed by atoms with Crippen LogP contribution >= 0.6 is 19.4 Å². The fourth-order valence-electron chi connectivity index (χ4n) is 1.58. The molecule has 0 amide bonds. The second-order valence-electron chi connectivity index (χ2n) is 4.56. The fraction of sp³-hybridized carbons (Fsp3) is 0.250. The van der Waals surface area contributed by atoms with E-state index in [1.165, 1.54) is 0 Å². The summed E-state index contributed by atoms with van der Waals surface area (Å²) in [5.41, 5.74) is 0. The zero-order valence-electron chi connectivity index (χ0n) is 12.2. The molecule has 0 saturated carbocycles. The second-order valence-corrected chi connectivity index (χ2v) is 6.69. The van der Waals surface area contributed by atoms with Crippen LogP contribution in [0.4, 0.5) is 0 Å². The highest BCUT2D eigenvalue weighted by molar-refractivity contribution is 7.49. The highest BCUT2D eigenvalue weighted by atomic mass is 35.5. The molecule has 0 radical (unpaired) electrons. The van der Waals surface area contributed by atoms with E-state index in [0.717, 1.165) is 0 Å². The van der Waals surface area contributed by atoms with Gasteiger partial charge in [-0.1, -0.05) is 43.3 Å².